The summed E-state index contributed by atoms with van der Waals surface area (Å²) >= 11 is 0. The molecule has 1 heterocycles. The van der Waals surface area contributed by atoms with Gasteiger partial charge in [0.25, 0.3) is 0 Å². The first-order valence-electron chi connectivity index (χ1n) is 15.0. The number of ketones is 1. The Balaban J connectivity index is 1.66. The molecule has 0 bridgehead atoms. The van der Waals surface area contributed by atoms with Crippen LogP contribution >= 0.6 is 0 Å². The van der Waals surface area contributed by atoms with Gasteiger partial charge in [-0.2, -0.15) is 0 Å². The van der Waals surface area contributed by atoms with E-state index in [-0.39, 0.29) is 35.4 Å². The third-order valence-corrected chi connectivity index (χ3v) is 10.9. The predicted molar refractivity (Wildman–Crippen MR) is 147 cm³/mol. The fourth-order valence-corrected chi connectivity index (χ4v) is 8.32. The van der Waals surface area contributed by atoms with Gasteiger partial charge in [0.2, 0.25) is 0 Å². The minimum Gasteiger partial charge on any atom is -0.461 e. The van der Waals surface area contributed by atoms with E-state index in [1.54, 1.807) is 19.9 Å². The molecule has 0 radical (unpaired) electrons. The number of Topliss-reactive ketones (excluding diaryl/α,β-unsaturated/α-hetero) is 1. The summed E-state index contributed by atoms with van der Waals surface area (Å²) in [6.07, 6.45) is -0.770. The topological polar surface area (TPSA) is 135 Å². The van der Waals surface area contributed by atoms with Crippen LogP contribution in [0.4, 0.5) is 0 Å². The van der Waals surface area contributed by atoms with Gasteiger partial charge in [-0.05, 0) is 55.6 Å². The van der Waals surface area contributed by atoms with Gasteiger partial charge in [-0.3, -0.25) is 24.0 Å². The molecule has 0 aromatic heterocycles. The van der Waals surface area contributed by atoms with Crippen LogP contribution in [0.2, 0.25) is 0 Å². The molecule has 42 heavy (non-hydrogen) atoms. The Morgan fingerprint density at radius 1 is 0.833 bits per heavy atom. The average molecular weight is 589 g/mol. The third kappa shape index (κ3) is 4.42. The molecular weight excluding hydrogens is 544 g/mol. The lowest BCUT2D eigenvalue weighted by Gasteiger charge is -2.30. The first-order valence-corrected chi connectivity index (χ1v) is 15.0. The van der Waals surface area contributed by atoms with Crippen LogP contribution in [0.3, 0.4) is 0 Å². The van der Waals surface area contributed by atoms with E-state index in [0.717, 1.165) is 6.42 Å². The van der Waals surface area contributed by atoms with E-state index in [1.807, 2.05) is 34.6 Å². The zero-order valence-electron chi connectivity index (χ0n) is 26.3. The Morgan fingerprint density at radius 3 is 1.88 bits per heavy atom. The second kappa shape index (κ2) is 9.63. The van der Waals surface area contributed by atoms with Crippen molar-refractivity contribution in [2.45, 2.75) is 118 Å². The Hall–Kier alpha value is -2.75. The molecule has 1 saturated heterocycles. The van der Waals surface area contributed by atoms with Gasteiger partial charge >= 0.3 is 23.9 Å². The van der Waals surface area contributed by atoms with Crippen LogP contribution in [0.25, 0.3) is 0 Å². The number of carbonyl (C=O) groups is 5. The van der Waals surface area contributed by atoms with Gasteiger partial charge in [0.1, 0.15) is 18.3 Å². The second-order valence-electron chi connectivity index (χ2n) is 14.3. The molecule has 0 aromatic carbocycles. The fraction of sp³-hybridized carbons (Fsp3) is 0.781. The molecule has 232 valence electrons. The van der Waals surface area contributed by atoms with Crippen LogP contribution in [0.1, 0.15) is 82.1 Å². The van der Waals surface area contributed by atoms with E-state index in [2.05, 4.69) is 0 Å². The lowest BCUT2D eigenvalue weighted by atomic mass is 9.80. The van der Waals surface area contributed by atoms with E-state index in [0.29, 0.717) is 12.0 Å². The molecule has 0 aromatic rings. The van der Waals surface area contributed by atoms with Gasteiger partial charge in [-0.1, -0.05) is 34.6 Å². The summed E-state index contributed by atoms with van der Waals surface area (Å²) in [6.45, 7) is 17.1. The highest BCUT2D eigenvalue weighted by Gasteiger charge is 2.84. The van der Waals surface area contributed by atoms with Crippen molar-refractivity contribution in [1.82, 2.24) is 0 Å². The van der Waals surface area contributed by atoms with E-state index in [1.165, 1.54) is 20.8 Å². The lowest BCUT2D eigenvalue weighted by molar-refractivity contribution is -0.166. The van der Waals surface area contributed by atoms with Crippen molar-refractivity contribution in [2.75, 3.05) is 0 Å². The highest BCUT2D eigenvalue weighted by atomic mass is 16.7. The van der Waals surface area contributed by atoms with Gasteiger partial charge in [-0.15, -0.1) is 0 Å². The smallest absolute Gasteiger partial charge is 0.312 e. The van der Waals surface area contributed by atoms with Crippen molar-refractivity contribution < 1.29 is 47.7 Å². The maximum absolute atomic E-state index is 14.5. The summed E-state index contributed by atoms with van der Waals surface area (Å²) in [5, 5.41) is 0. The number of hydrogen-bond acceptors (Lipinski definition) is 10. The molecule has 12 atom stereocenters. The maximum Gasteiger partial charge on any atom is 0.312 e. The molecule has 0 spiro atoms. The first-order chi connectivity index (χ1) is 19.3. The molecule has 0 amide bonds. The van der Waals surface area contributed by atoms with Crippen LogP contribution in [-0.4, -0.2) is 65.3 Å². The zero-order chi connectivity index (χ0) is 31.3. The van der Waals surface area contributed by atoms with Gasteiger partial charge in [0, 0.05) is 32.6 Å². The molecule has 4 fully saturated rings. The number of carbonyl (C=O) groups excluding carboxylic acids is 5. The summed E-state index contributed by atoms with van der Waals surface area (Å²) in [5.74, 6) is -3.80. The number of epoxide rings is 1. The van der Waals surface area contributed by atoms with Crippen LogP contribution in [0.5, 0.6) is 0 Å². The van der Waals surface area contributed by atoms with Crippen molar-refractivity contribution in [3.8, 4) is 0 Å². The molecular formula is C32H44O10. The zero-order valence-corrected chi connectivity index (χ0v) is 26.3. The van der Waals surface area contributed by atoms with E-state index < -0.39 is 70.3 Å². The summed E-state index contributed by atoms with van der Waals surface area (Å²) in [5.41, 5.74) is -3.22. The number of ether oxygens (including phenoxy) is 5. The minimum atomic E-state index is -1.32. The minimum absolute atomic E-state index is 0.188. The van der Waals surface area contributed by atoms with Gasteiger partial charge in [0.05, 0.1) is 11.3 Å². The Morgan fingerprint density at radius 2 is 1.36 bits per heavy atom. The number of fused-ring (bicyclic) bond motifs is 1. The monoisotopic (exact) mass is 588 g/mol. The molecule has 5 rings (SSSR count). The lowest BCUT2D eigenvalue weighted by Crippen LogP contribution is -2.44. The Kier molecular flexibility index (Phi) is 7.04. The molecule has 4 aliphatic carbocycles. The molecule has 0 unspecified atom stereocenters. The predicted octanol–water partition coefficient (Wildman–Crippen LogP) is 3.72. The summed E-state index contributed by atoms with van der Waals surface area (Å²) in [4.78, 5) is 65.0. The highest BCUT2D eigenvalue weighted by Crippen LogP contribution is 2.69. The van der Waals surface area contributed by atoms with Crippen molar-refractivity contribution in [3.05, 3.63) is 11.6 Å². The van der Waals surface area contributed by atoms with Crippen molar-refractivity contribution in [1.29, 1.82) is 0 Å². The molecule has 1 aliphatic heterocycles. The van der Waals surface area contributed by atoms with E-state index in [4.69, 9.17) is 23.7 Å². The summed E-state index contributed by atoms with van der Waals surface area (Å²) in [7, 11) is 0. The van der Waals surface area contributed by atoms with Crippen LogP contribution in [0, 0.1) is 40.4 Å². The second-order valence-corrected chi connectivity index (χ2v) is 14.3. The van der Waals surface area contributed by atoms with Crippen molar-refractivity contribution >= 4 is 29.7 Å². The average Bonchev–Trinajstić information content (AvgIpc) is 3.78. The number of hydrogen-bond donors (Lipinski definition) is 0. The maximum atomic E-state index is 14.5. The standard InChI is InChI=1S/C32H44O10/c1-14-11-32-27(41-28(37)30(10)13-16(30)3)15(2)12-31(32,42-32)26(36)17(4)24(39-19(6)34)21-22(29(21,8)9)25(40-20(7)35)23(14)38-18(5)33/h11,15-17,21-25,27H,12-13H2,1-10H3/b14-11+/t15-,16+,17+,21-,22+,23+,24-,25+,27-,30-,31-,32-/m0/s1. The SMILES string of the molecule is CC(=O)O[C@@H]1[C@H]2[C@@H]([C@@H](OC(C)=O)[C@@H](C)C(=O)[C@@]34C[C@H](C)[C@H](OC(=O)[C@@]5(C)C[C@H]5C)[C@]3(/C=C(\C)[C@H]1OC(C)=O)O4)C2(C)C. The summed E-state index contributed by atoms with van der Waals surface area (Å²) in [6, 6.07) is 0. The van der Waals surface area contributed by atoms with E-state index in [9.17, 15) is 24.0 Å². The molecule has 10 nitrogen and oxygen atoms in total. The first kappa shape index (κ1) is 30.7. The Labute approximate surface area is 247 Å². The quantitative estimate of drug-likeness (QED) is 0.202. The Bertz CT molecular complexity index is 1270. The highest BCUT2D eigenvalue weighted by molar-refractivity contribution is 5.96. The summed E-state index contributed by atoms with van der Waals surface area (Å²) < 4.78 is 30.2. The molecule has 10 heteroatoms. The number of esters is 4. The van der Waals surface area contributed by atoms with Gasteiger partial charge in [0.15, 0.2) is 23.1 Å². The molecule has 5 aliphatic rings. The molecule has 3 saturated carbocycles. The normalized spacial score (nSPS) is 47.6. The molecule has 0 N–H and O–H groups in total. The van der Waals surface area contributed by atoms with E-state index >= 15 is 0 Å². The van der Waals surface area contributed by atoms with Crippen LogP contribution in [0.15, 0.2) is 11.6 Å². The van der Waals surface area contributed by atoms with Crippen molar-refractivity contribution in [2.24, 2.45) is 40.4 Å². The third-order valence-electron chi connectivity index (χ3n) is 10.9. The van der Waals surface area contributed by atoms with Crippen molar-refractivity contribution in [3.63, 3.8) is 0 Å². The van der Waals surface area contributed by atoms with Gasteiger partial charge < -0.3 is 23.7 Å². The van der Waals surface area contributed by atoms with Crippen LogP contribution in [-0.2, 0) is 47.7 Å². The van der Waals surface area contributed by atoms with Gasteiger partial charge in [-0.25, -0.2) is 0 Å². The number of rotatable bonds is 5. The van der Waals surface area contributed by atoms with Crippen LogP contribution < -0.4 is 0 Å². The largest absolute Gasteiger partial charge is 0.461 e. The fourth-order valence-electron chi connectivity index (χ4n) is 8.32.